The molecule has 2 heteroatoms. The average molecular weight is 209 g/mol. The Morgan fingerprint density at radius 1 is 1.07 bits per heavy atom. The first-order valence-corrected chi connectivity index (χ1v) is 6.12. The molecule has 0 saturated heterocycles. The van der Waals surface area contributed by atoms with Crippen LogP contribution in [0.4, 0.5) is 0 Å². The Kier molecular flexibility index (Phi) is 4.86. The predicted octanol–water partition coefficient (Wildman–Crippen LogP) is 2.87. The Hall–Kier alpha value is -0.790. The number of hydrogen-bond donors (Lipinski definition) is 0. The lowest BCUT2D eigenvalue weighted by atomic mass is 10.1. The van der Waals surface area contributed by atoms with Gasteiger partial charge in [0, 0.05) is 0 Å². The summed E-state index contributed by atoms with van der Waals surface area (Å²) in [6.07, 6.45) is 9.12. The number of rotatable bonds is 6. The van der Waals surface area contributed by atoms with Crippen molar-refractivity contribution in [1.82, 2.24) is 4.57 Å². The molecule has 1 aromatic heterocycles. The summed E-state index contributed by atoms with van der Waals surface area (Å²) in [7, 11) is 0. The lowest BCUT2D eigenvalue weighted by molar-refractivity contribution is -0.697. The smallest absolute Gasteiger partial charge is 0.237 e. The zero-order valence-corrected chi connectivity index (χ0v) is 10.6. The van der Waals surface area contributed by atoms with Gasteiger partial charge in [-0.15, -0.1) is 0 Å². The van der Waals surface area contributed by atoms with Crippen molar-refractivity contribution in [3.8, 4) is 0 Å². The summed E-state index contributed by atoms with van der Waals surface area (Å²) in [5, 5.41) is 0. The molecule has 0 bridgehead atoms. The number of imidazole rings is 1. The van der Waals surface area contributed by atoms with Gasteiger partial charge in [-0.3, -0.25) is 0 Å². The maximum atomic E-state index is 2.29. The maximum absolute atomic E-state index is 2.29. The molecular formula is C13H25N2+. The van der Waals surface area contributed by atoms with Gasteiger partial charge in [-0.1, -0.05) is 27.7 Å². The Balaban J connectivity index is 2.35. The number of nitrogens with zero attached hydrogens (tertiary/aromatic N) is 2. The van der Waals surface area contributed by atoms with E-state index in [9.17, 15) is 0 Å². The number of aryl methyl sites for hydroxylation is 2. The largest absolute Gasteiger partial charge is 0.243 e. The van der Waals surface area contributed by atoms with Gasteiger partial charge in [0.05, 0.1) is 13.1 Å². The SMILES string of the molecule is CC(C)CCn1cc[n+](CCC(C)C)c1. The van der Waals surface area contributed by atoms with E-state index >= 15 is 0 Å². The molecule has 0 spiro atoms. The molecule has 0 aliphatic carbocycles. The number of hydrogen-bond acceptors (Lipinski definition) is 0. The van der Waals surface area contributed by atoms with Crippen LogP contribution in [0.25, 0.3) is 0 Å². The molecule has 0 saturated carbocycles. The van der Waals surface area contributed by atoms with Crippen molar-refractivity contribution in [2.75, 3.05) is 0 Å². The molecule has 0 atom stereocenters. The van der Waals surface area contributed by atoms with Crippen LogP contribution in [-0.2, 0) is 13.1 Å². The Bertz CT molecular complexity index is 247. The molecule has 0 radical (unpaired) electrons. The topological polar surface area (TPSA) is 8.81 Å². The van der Waals surface area contributed by atoms with Crippen LogP contribution in [0.1, 0.15) is 40.5 Å². The van der Waals surface area contributed by atoms with Gasteiger partial charge in [-0.2, -0.15) is 0 Å². The van der Waals surface area contributed by atoms with E-state index in [4.69, 9.17) is 0 Å². The summed E-state index contributed by atoms with van der Waals surface area (Å²) in [6, 6.07) is 0. The fourth-order valence-electron chi connectivity index (χ4n) is 1.52. The molecule has 0 fully saturated rings. The third-order valence-corrected chi connectivity index (χ3v) is 2.68. The molecule has 1 rings (SSSR count). The zero-order valence-electron chi connectivity index (χ0n) is 10.6. The van der Waals surface area contributed by atoms with Gasteiger partial charge in [0.2, 0.25) is 6.33 Å². The quantitative estimate of drug-likeness (QED) is 0.637. The first-order chi connectivity index (χ1) is 7.08. The highest BCUT2D eigenvalue weighted by molar-refractivity contribution is 4.66. The van der Waals surface area contributed by atoms with E-state index in [1.54, 1.807) is 0 Å². The molecule has 1 aromatic rings. The molecule has 0 aliphatic heterocycles. The van der Waals surface area contributed by atoms with Crippen molar-refractivity contribution in [2.24, 2.45) is 11.8 Å². The summed E-state index contributed by atoms with van der Waals surface area (Å²) in [4.78, 5) is 0. The molecule has 2 nitrogen and oxygen atoms in total. The van der Waals surface area contributed by atoms with Crippen LogP contribution in [0.15, 0.2) is 18.7 Å². The van der Waals surface area contributed by atoms with E-state index in [1.807, 2.05) is 0 Å². The predicted molar refractivity (Wildman–Crippen MR) is 63.5 cm³/mol. The Morgan fingerprint density at radius 2 is 1.73 bits per heavy atom. The van der Waals surface area contributed by atoms with E-state index in [0.29, 0.717) is 0 Å². The molecule has 0 amide bonds. The standard InChI is InChI=1S/C13H25N2/c1-12(2)5-7-14-9-10-15(11-14)8-6-13(3)4/h9-13H,5-8H2,1-4H3/q+1. The van der Waals surface area contributed by atoms with Crippen LogP contribution in [0.5, 0.6) is 0 Å². The second-order valence-electron chi connectivity index (χ2n) is 5.25. The molecule has 0 N–H and O–H groups in total. The van der Waals surface area contributed by atoms with Crippen molar-refractivity contribution >= 4 is 0 Å². The minimum atomic E-state index is 0.788. The van der Waals surface area contributed by atoms with E-state index in [1.165, 1.54) is 12.8 Å². The van der Waals surface area contributed by atoms with Crippen LogP contribution in [-0.4, -0.2) is 4.57 Å². The van der Waals surface area contributed by atoms with Crippen LogP contribution in [0.2, 0.25) is 0 Å². The van der Waals surface area contributed by atoms with Crippen molar-refractivity contribution in [1.29, 1.82) is 0 Å². The first kappa shape index (κ1) is 12.3. The summed E-state index contributed by atoms with van der Waals surface area (Å²) >= 11 is 0. The van der Waals surface area contributed by atoms with Gasteiger partial charge in [-0.25, -0.2) is 9.13 Å². The van der Waals surface area contributed by atoms with Crippen LogP contribution >= 0.6 is 0 Å². The second-order valence-corrected chi connectivity index (χ2v) is 5.25. The van der Waals surface area contributed by atoms with Crippen LogP contribution < -0.4 is 4.57 Å². The third kappa shape index (κ3) is 5.01. The van der Waals surface area contributed by atoms with Crippen LogP contribution in [0, 0.1) is 11.8 Å². The highest BCUT2D eigenvalue weighted by Crippen LogP contribution is 2.02. The van der Waals surface area contributed by atoms with E-state index in [-0.39, 0.29) is 0 Å². The van der Waals surface area contributed by atoms with Crippen molar-refractivity contribution in [3.63, 3.8) is 0 Å². The van der Waals surface area contributed by atoms with Gasteiger partial charge in [0.25, 0.3) is 0 Å². The van der Waals surface area contributed by atoms with Gasteiger partial charge >= 0.3 is 0 Å². The molecule has 86 valence electrons. The molecule has 0 unspecified atom stereocenters. The third-order valence-electron chi connectivity index (χ3n) is 2.68. The van der Waals surface area contributed by atoms with Gasteiger partial charge < -0.3 is 0 Å². The van der Waals surface area contributed by atoms with Crippen LogP contribution in [0.3, 0.4) is 0 Å². The molecule has 1 heterocycles. The summed E-state index contributed by atoms with van der Waals surface area (Å²) in [5.74, 6) is 1.58. The van der Waals surface area contributed by atoms with E-state index in [0.717, 1.165) is 24.9 Å². The number of aromatic nitrogens is 2. The Morgan fingerprint density at radius 3 is 2.33 bits per heavy atom. The molecule has 0 aromatic carbocycles. The highest BCUT2D eigenvalue weighted by Gasteiger charge is 2.05. The fraction of sp³-hybridized carbons (Fsp3) is 0.769. The minimum Gasteiger partial charge on any atom is -0.237 e. The normalized spacial score (nSPS) is 11.6. The Labute approximate surface area is 93.9 Å². The van der Waals surface area contributed by atoms with Crippen molar-refractivity contribution in [3.05, 3.63) is 18.7 Å². The lowest BCUT2D eigenvalue weighted by Crippen LogP contribution is -2.31. The fourth-order valence-corrected chi connectivity index (χ4v) is 1.52. The monoisotopic (exact) mass is 209 g/mol. The second kappa shape index (κ2) is 5.94. The minimum absolute atomic E-state index is 0.788. The average Bonchev–Trinajstić information content (AvgIpc) is 2.59. The first-order valence-electron chi connectivity index (χ1n) is 6.12. The van der Waals surface area contributed by atoms with Crippen molar-refractivity contribution < 1.29 is 4.57 Å². The van der Waals surface area contributed by atoms with E-state index < -0.39 is 0 Å². The summed E-state index contributed by atoms with van der Waals surface area (Å²) < 4.78 is 4.58. The zero-order chi connectivity index (χ0) is 11.3. The molecule has 15 heavy (non-hydrogen) atoms. The summed E-state index contributed by atoms with van der Waals surface area (Å²) in [6.45, 7) is 11.4. The van der Waals surface area contributed by atoms with Gasteiger partial charge in [0.15, 0.2) is 0 Å². The highest BCUT2D eigenvalue weighted by atomic mass is 15.1. The van der Waals surface area contributed by atoms with Crippen molar-refractivity contribution in [2.45, 2.75) is 53.6 Å². The molecule has 0 aliphatic rings. The van der Waals surface area contributed by atoms with Gasteiger partial charge in [0.1, 0.15) is 12.4 Å². The lowest BCUT2D eigenvalue weighted by Gasteiger charge is -2.01. The molecular weight excluding hydrogens is 184 g/mol. The van der Waals surface area contributed by atoms with E-state index in [2.05, 4.69) is 55.6 Å². The summed E-state index contributed by atoms with van der Waals surface area (Å²) in [5.41, 5.74) is 0. The van der Waals surface area contributed by atoms with Gasteiger partial charge in [-0.05, 0) is 24.7 Å². The maximum Gasteiger partial charge on any atom is 0.243 e.